The van der Waals surface area contributed by atoms with Crippen molar-refractivity contribution in [3.05, 3.63) is 87.9 Å². The van der Waals surface area contributed by atoms with Gasteiger partial charge in [0.15, 0.2) is 11.5 Å². The molecule has 0 aliphatic heterocycles. The van der Waals surface area contributed by atoms with Crippen LogP contribution in [0.1, 0.15) is 46.0 Å². The number of methoxy groups -OCH3 is 1. The molecule has 3 aromatic rings. The van der Waals surface area contributed by atoms with Crippen LogP contribution in [0.25, 0.3) is 0 Å². The highest BCUT2D eigenvalue weighted by atomic mass is 79.9. The molecular weight excluding hydrogens is 500 g/mol. The molecule has 0 unspecified atom stereocenters. The maximum Gasteiger partial charge on any atom is 0.343 e. The van der Waals surface area contributed by atoms with Crippen molar-refractivity contribution < 1.29 is 23.8 Å². The molecule has 0 atom stereocenters. The average molecular weight is 525 g/mol. The van der Waals surface area contributed by atoms with Gasteiger partial charge < -0.3 is 14.2 Å². The Morgan fingerprint density at radius 3 is 2.50 bits per heavy atom. The number of hydrogen-bond donors (Lipinski definition) is 1. The van der Waals surface area contributed by atoms with Crippen LogP contribution in [0.5, 0.6) is 17.2 Å². The summed E-state index contributed by atoms with van der Waals surface area (Å²) in [5.74, 6) is 0.506. The van der Waals surface area contributed by atoms with Gasteiger partial charge in [-0.05, 0) is 72.6 Å². The first-order chi connectivity index (χ1) is 16.5. The molecule has 0 aliphatic carbocycles. The molecule has 176 valence electrons. The molecule has 3 aromatic carbocycles. The van der Waals surface area contributed by atoms with E-state index in [2.05, 4.69) is 33.4 Å². The minimum absolute atomic E-state index is 0.273. The third-order valence-electron chi connectivity index (χ3n) is 4.71. The Labute approximate surface area is 206 Å². The predicted octanol–water partition coefficient (Wildman–Crippen LogP) is 5.62. The highest BCUT2D eigenvalue weighted by Gasteiger charge is 2.13. The van der Waals surface area contributed by atoms with Crippen LogP contribution in [-0.2, 0) is 0 Å². The first-order valence-electron chi connectivity index (χ1n) is 10.7. The van der Waals surface area contributed by atoms with Crippen molar-refractivity contribution in [2.45, 2.75) is 19.8 Å². The van der Waals surface area contributed by atoms with Crippen molar-refractivity contribution in [3.8, 4) is 17.2 Å². The number of hydrazone groups is 1. The van der Waals surface area contributed by atoms with Crippen LogP contribution < -0.4 is 19.6 Å². The van der Waals surface area contributed by atoms with Crippen LogP contribution in [0.4, 0.5) is 0 Å². The van der Waals surface area contributed by atoms with Crippen molar-refractivity contribution in [1.29, 1.82) is 0 Å². The molecule has 0 bridgehead atoms. The van der Waals surface area contributed by atoms with Gasteiger partial charge in [-0.3, -0.25) is 4.79 Å². The number of nitrogens with one attached hydrogen (secondary N) is 1. The van der Waals surface area contributed by atoms with Crippen LogP contribution in [-0.4, -0.2) is 31.8 Å². The topological polar surface area (TPSA) is 86.2 Å². The number of ether oxygens (including phenoxy) is 3. The molecule has 0 aliphatic rings. The molecule has 1 amide bonds. The molecular formula is C26H25BrN2O5. The van der Waals surface area contributed by atoms with E-state index in [0.29, 0.717) is 29.0 Å². The predicted molar refractivity (Wildman–Crippen MR) is 134 cm³/mol. The Balaban J connectivity index is 1.59. The molecule has 0 aromatic heterocycles. The van der Waals surface area contributed by atoms with Gasteiger partial charge in [-0.2, -0.15) is 5.10 Å². The summed E-state index contributed by atoms with van der Waals surface area (Å²) in [5, 5.41) is 4.00. The Bertz CT molecular complexity index is 1160. The number of unbranched alkanes of at least 4 members (excludes halogenated alkanes) is 1. The number of hydrogen-bond acceptors (Lipinski definition) is 6. The summed E-state index contributed by atoms with van der Waals surface area (Å²) in [4.78, 5) is 24.7. The van der Waals surface area contributed by atoms with Gasteiger partial charge in [0.05, 0.1) is 25.5 Å². The molecule has 1 N–H and O–H groups in total. The Hall–Kier alpha value is -3.65. The van der Waals surface area contributed by atoms with Crippen molar-refractivity contribution >= 4 is 34.0 Å². The van der Waals surface area contributed by atoms with E-state index in [0.717, 1.165) is 23.1 Å². The number of nitrogens with zero attached hydrogens (tertiary/aromatic N) is 1. The zero-order chi connectivity index (χ0) is 24.3. The standard InChI is InChI=1S/C26H25BrN2O5/c1-3-4-14-33-22-11-9-19(10-12-22)25(30)29-28-17-18-8-13-23(24(15-18)32-2)34-26(31)20-6-5-7-21(27)16-20/h5-13,15-17H,3-4,14H2,1-2H3,(H,29,30)/b28-17+. The lowest BCUT2D eigenvalue weighted by Crippen LogP contribution is -2.17. The van der Waals surface area contributed by atoms with E-state index >= 15 is 0 Å². The van der Waals surface area contributed by atoms with Gasteiger partial charge in [0.2, 0.25) is 0 Å². The number of halogens is 1. The van der Waals surface area contributed by atoms with Crippen molar-refractivity contribution in [2.75, 3.05) is 13.7 Å². The van der Waals surface area contributed by atoms with Crippen molar-refractivity contribution in [1.82, 2.24) is 5.43 Å². The number of amides is 1. The summed E-state index contributed by atoms with van der Waals surface area (Å²) in [6.07, 6.45) is 3.52. The molecule has 34 heavy (non-hydrogen) atoms. The molecule has 0 saturated heterocycles. The van der Waals surface area contributed by atoms with Gasteiger partial charge in [-0.25, -0.2) is 10.2 Å². The second kappa shape index (κ2) is 12.6. The van der Waals surface area contributed by atoms with Crippen LogP contribution >= 0.6 is 15.9 Å². The lowest BCUT2D eigenvalue weighted by Gasteiger charge is -2.10. The van der Waals surface area contributed by atoms with E-state index < -0.39 is 5.97 Å². The lowest BCUT2D eigenvalue weighted by molar-refractivity contribution is 0.0729. The Kier molecular flexibility index (Phi) is 9.22. The first-order valence-corrected chi connectivity index (χ1v) is 11.5. The fraction of sp³-hybridized carbons (Fsp3) is 0.192. The fourth-order valence-electron chi connectivity index (χ4n) is 2.89. The van der Waals surface area contributed by atoms with E-state index in [1.807, 2.05) is 6.07 Å². The molecule has 8 heteroatoms. The zero-order valence-corrected chi connectivity index (χ0v) is 20.5. The first kappa shape index (κ1) is 25.0. The molecule has 0 fully saturated rings. The molecule has 0 radical (unpaired) electrons. The third kappa shape index (κ3) is 7.18. The van der Waals surface area contributed by atoms with E-state index in [1.165, 1.54) is 13.3 Å². The largest absolute Gasteiger partial charge is 0.494 e. The Morgan fingerprint density at radius 1 is 1.00 bits per heavy atom. The van der Waals surface area contributed by atoms with Gasteiger partial charge in [-0.15, -0.1) is 0 Å². The average Bonchev–Trinajstić information content (AvgIpc) is 2.85. The van der Waals surface area contributed by atoms with E-state index in [4.69, 9.17) is 14.2 Å². The molecule has 3 rings (SSSR count). The summed E-state index contributed by atoms with van der Waals surface area (Å²) in [6, 6.07) is 18.8. The number of benzene rings is 3. The number of esters is 1. The SMILES string of the molecule is CCCCOc1ccc(C(=O)N/N=C/c2ccc(OC(=O)c3cccc(Br)c3)c(OC)c2)cc1. The normalized spacial score (nSPS) is 10.7. The minimum atomic E-state index is -0.505. The Morgan fingerprint density at radius 2 is 1.79 bits per heavy atom. The highest BCUT2D eigenvalue weighted by Crippen LogP contribution is 2.28. The molecule has 0 spiro atoms. The van der Waals surface area contributed by atoms with Gasteiger partial charge in [0, 0.05) is 10.0 Å². The van der Waals surface area contributed by atoms with Gasteiger partial charge in [-0.1, -0.05) is 35.3 Å². The maximum atomic E-state index is 12.4. The van der Waals surface area contributed by atoms with Crippen LogP contribution in [0, 0.1) is 0 Å². The van der Waals surface area contributed by atoms with Gasteiger partial charge in [0.25, 0.3) is 5.91 Å². The van der Waals surface area contributed by atoms with E-state index in [1.54, 1.807) is 60.7 Å². The fourth-order valence-corrected chi connectivity index (χ4v) is 3.29. The summed E-state index contributed by atoms with van der Waals surface area (Å²) >= 11 is 3.33. The van der Waals surface area contributed by atoms with E-state index in [9.17, 15) is 9.59 Å². The number of rotatable bonds is 10. The van der Waals surface area contributed by atoms with Crippen molar-refractivity contribution in [2.24, 2.45) is 5.10 Å². The monoisotopic (exact) mass is 524 g/mol. The van der Waals surface area contributed by atoms with Gasteiger partial charge >= 0.3 is 5.97 Å². The molecule has 7 nitrogen and oxygen atoms in total. The minimum Gasteiger partial charge on any atom is -0.494 e. The molecule has 0 saturated carbocycles. The van der Waals surface area contributed by atoms with Crippen LogP contribution in [0.15, 0.2) is 76.3 Å². The van der Waals surface area contributed by atoms with Gasteiger partial charge in [0.1, 0.15) is 5.75 Å². The van der Waals surface area contributed by atoms with Crippen molar-refractivity contribution in [3.63, 3.8) is 0 Å². The second-order valence-corrected chi connectivity index (χ2v) is 8.15. The number of carbonyl (C=O) groups excluding carboxylic acids is 2. The summed E-state index contributed by atoms with van der Waals surface area (Å²) in [7, 11) is 1.48. The maximum absolute atomic E-state index is 12.4. The summed E-state index contributed by atoms with van der Waals surface area (Å²) in [5.41, 5.74) is 4.01. The van der Waals surface area contributed by atoms with Crippen LogP contribution in [0.3, 0.4) is 0 Å². The smallest absolute Gasteiger partial charge is 0.343 e. The third-order valence-corrected chi connectivity index (χ3v) is 5.21. The van der Waals surface area contributed by atoms with Crippen LogP contribution in [0.2, 0.25) is 0 Å². The lowest BCUT2D eigenvalue weighted by atomic mass is 10.2. The highest BCUT2D eigenvalue weighted by molar-refractivity contribution is 9.10. The van der Waals surface area contributed by atoms with E-state index in [-0.39, 0.29) is 11.7 Å². The summed E-state index contributed by atoms with van der Waals surface area (Å²) < 4.78 is 17.2. The molecule has 0 heterocycles. The quantitative estimate of drug-likeness (QED) is 0.122. The summed E-state index contributed by atoms with van der Waals surface area (Å²) in [6.45, 7) is 2.75. The second-order valence-electron chi connectivity index (χ2n) is 7.24. The zero-order valence-electron chi connectivity index (χ0n) is 18.9. The number of carbonyl (C=O) groups is 2.